The molecule has 0 atom stereocenters. The summed E-state index contributed by atoms with van der Waals surface area (Å²) >= 11 is 0. The summed E-state index contributed by atoms with van der Waals surface area (Å²) in [5.74, 6) is -0.0587. The van der Waals surface area contributed by atoms with E-state index in [4.69, 9.17) is 10.5 Å². The standard InChI is InChI=1S/C16H10FN3O/c17-13-8-11(5-6-14(13)19)21-16-7-10(9-18)12-3-1-2-4-15(12)20-16/h1-8H,19H2. The van der Waals surface area contributed by atoms with Crippen molar-refractivity contribution in [3.8, 4) is 17.7 Å². The SMILES string of the molecule is N#Cc1cc(Oc2ccc(N)c(F)c2)nc2ccccc12. The third-order valence-electron chi connectivity index (χ3n) is 3.01. The van der Waals surface area contributed by atoms with Crippen LogP contribution in [0.1, 0.15) is 5.56 Å². The van der Waals surface area contributed by atoms with Crippen molar-refractivity contribution in [1.29, 1.82) is 5.26 Å². The fourth-order valence-electron chi connectivity index (χ4n) is 1.99. The van der Waals surface area contributed by atoms with E-state index in [2.05, 4.69) is 11.1 Å². The molecule has 0 saturated carbocycles. The number of aromatic nitrogens is 1. The second-order valence-electron chi connectivity index (χ2n) is 4.42. The van der Waals surface area contributed by atoms with Crippen LogP contribution in [0, 0.1) is 17.1 Å². The molecule has 0 spiro atoms. The van der Waals surface area contributed by atoms with Crippen molar-refractivity contribution in [3.63, 3.8) is 0 Å². The monoisotopic (exact) mass is 279 g/mol. The highest BCUT2D eigenvalue weighted by molar-refractivity contribution is 5.85. The number of nitrogen functional groups attached to an aromatic ring is 1. The minimum absolute atomic E-state index is 0.0477. The Bertz CT molecular complexity index is 871. The molecule has 1 heterocycles. The first-order valence-electron chi connectivity index (χ1n) is 6.20. The summed E-state index contributed by atoms with van der Waals surface area (Å²) in [5, 5.41) is 9.94. The molecule has 3 rings (SSSR count). The molecule has 0 amide bonds. The predicted molar refractivity (Wildman–Crippen MR) is 77.3 cm³/mol. The van der Waals surface area contributed by atoms with E-state index in [9.17, 15) is 9.65 Å². The van der Waals surface area contributed by atoms with Crippen molar-refractivity contribution in [3.05, 3.63) is 59.9 Å². The third-order valence-corrected chi connectivity index (χ3v) is 3.01. The number of hydrogen-bond acceptors (Lipinski definition) is 4. The molecule has 5 heteroatoms. The molecule has 2 aromatic carbocycles. The van der Waals surface area contributed by atoms with E-state index in [0.29, 0.717) is 11.1 Å². The number of ether oxygens (including phenoxy) is 1. The maximum atomic E-state index is 13.4. The first kappa shape index (κ1) is 12.9. The number of rotatable bonds is 2. The Kier molecular flexibility index (Phi) is 3.13. The van der Waals surface area contributed by atoms with Gasteiger partial charge in [-0.2, -0.15) is 5.26 Å². The van der Waals surface area contributed by atoms with E-state index in [1.807, 2.05) is 18.2 Å². The van der Waals surface area contributed by atoms with Gasteiger partial charge in [0.2, 0.25) is 5.88 Å². The highest BCUT2D eigenvalue weighted by Gasteiger charge is 2.08. The van der Waals surface area contributed by atoms with Gasteiger partial charge < -0.3 is 10.5 Å². The smallest absolute Gasteiger partial charge is 0.221 e. The number of para-hydroxylation sites is 1. The summed E-state index contributed by atoms with van der Waals surface area (Å²) in [5.41, 5.74) is 6.55. The van der Waals surface area contributed by atoms with E-state index >= 15 is 0 Å². The largest absolute Gasteiger partial charge is 0.439 e. The Morgan fingerprint density at radius 2 is 1.95 bits per heavy atom. The van der Waals surface area contributed by atoms with Crippen LogP contribution in [0.3, 0.4) is 0 Å². The van der Waals surface area contributed by atoms with Crippen molar-refractivity contribution in [2.24, 2.45) is 0 Å². The van der Waals surface area contributed by atoms with Gasteiger partial charge in [0.25, 0.3) is 0 Å². The average Bonchev–Trinajstić information content (AvgIpc) is 2.50. The number of hydrogen-bond donors (Lipinski definition) is 1. The number of halogens is 1. The number of nitrogens with zero attached hydrogens (tertiary/aromatic N) is 2. The highest BCUT2D eigenvalue weighted by atomic mass is 19.1. The minimum Gasteiger partial charge on any atom is -0.439 e. The lowest BCUT2D eigenvalue weighted by molar-refractivity contribution is 0.460. The van der Waals surface area contributed by atoms with Crippen molar-refractivity contribution >= 4 is 16.6 Å². The van der Waals surface area contributed by atoms with Crippen LogP contribution in [0.2, 0.25) is 0 Å². The summed E-state index contributed by atoms with van der Waals surface area (Å²) < 4.78 is 18.9. The van der Waals surface area contributed by atoms with Crippen molar-refractivity contribution in [2.45, 2.75) is 0 Å². The van der Waals surface area contributed by atoms with Crippen LogP contribution >= 0.6 is 0 Å². The normalized spacial score (nSPS) is 10.3. The van der Waals surface area contributed by atoms with Crippen LogP contribution in [0.25, 0.3) is 10.9 Å². The van der Waals surface area contributed by atoms with E-state index in [1.54, 1.807) is 12.1 Å². The molecule has 21 heavy (non-hydrogen) atoms. The molecular weight excluding hydrogens is 269 g/mol. The van der Waals surface area contributed by atoms with Gasteiger partial charge in [0.15, 0.2) is 0 Å². The molecule has 102 valence electrons. The lowest BCUT2D eigenvalue weighted by Gasteiger charge is -2.08. The molecule has 2 N–H and O–H groups in total. The van der Waals surface area contributed by atoms with Gasteiger partial charge >= 0.3 is 0 Å². The molecule has 0 fully saturated rings. The van der Waals surface area contributed by atoms with E-state index in [1.165, 1.54) is 18.2 Å². The Labute approximate surface area is 120 Å². The summed E-state index contributed by atoms with van der Waals surface area (Å²) in [7, 11) is 0. The Morgan fingerprint density at radius 1 is 1.14 bits per heavy atom. The molecule has 0 unspecified atom stereocenters. The van der Waals surface area contributed by atoms with E-state index in [-0.39, 0.29) is 17.3 Å². The van der Waals surface area contributed by atoms with Crippen molar-refractivity contribution in [1.82, 2.24) is 4.98 Å². The molecule has 1 aromatic heterocycles. The number of nitriles is 1. The van der Waals surface area contributed by atoms with Crippen LogP contribution in [0.5, 0.6) is 11.6 Å². The predicted octanol–water partition coefficient (Wildman–Crippen LogP) is 3.62. The van der Waals surface area contributed by atoms with Crippen LogP contribution < -0.4 is 10.5 Å². The number of fused-ring (bicyclic) bond motifs is 1. The van der Waals surface area contributed by atoms with Crippen LogP contribution in [0.15, 0.2) is 48.5 Å². The number of pyridine rings is 1. The summed E-state index contributed by atoms with van der Waals surface area (Å²) in [6.07, 6.45) is 0. The summed E-state index contributed by atoms with van der Waals surface area (Å²) in [4.78, 5) is 4.30. The van der Waals surface area contributed by atoms with Gasteiger partial charge in [0.1, 0.15) is 17.6 Å². The third kappa shape index (κ3) is 2.47. The van der Waals surface area contributed by atoms with E-state index in [0.717, 1.165) is 5.39 Å². The van der Waals surface area contributed by atoms with Crippen LogP contribution in [-0.2, 0) is 0 Å². The maximum Gasteiger partial charge on any atom is 0.221 e. The van der Waals surface area contributed by atoms with Crippen molar-refractivity contribution < 1.29 is 9.13 Å². The molecular formula is C16H10FN3O. The van der Waals surface area contributed by atoms with Gasteiger partial charge in [-0.1, -0.05) is 18.2 Å². The molecule has 4 nitrogen and oxygen atoms in total. The Balaban J connectivity index is 2.04. The van der Waals surface area contributed by atoms with E-state index < -0.39 is 5.82 Å². The maximum absolute atomic E-state index is 13.4. The van der Waals surface area contributed by atoms with Gasteiger partial charge in [-0.15, -0.1) is 0 Å². The van der Waals surface area contributed by atoms with Gasteiger partial charge in [-0.05, 0) is 18.2 Å². The second-order valence-corrected chi connectivity index (χ2v) is 4.42. The number of nitrogens with two attached hydrogens (primary N) is 1. The first-order chi connectivity index (χ1) is 10.2. The minimum atomic E-state index is -0.561. The summed E-state index contributed by atoms with van der Waals surface area (Å²) in [6, 6.07) is 15.0. The lowest BCUT2D eigenvalue weighted by atomic mass is 10.1. The molecule has 0 radical (unpaired) electrons. The Hall–Kier alpha value is -3.13. The fourth-order valence-corrected chi connectivity index (χ4v) is 1.99. The second kappa shape index (κ2) is 5.10. The molecule has 0 aliphatic rings. The van der Waals surface area contributed by atoms with Crippen molar-refractivity contribution in [2.75, 3.05) is 5.73 Å². The summed E-state index contributed by atoms with van der Waals surface area (Å²) in [6.45, 7) is 0. The molecule has 3 aromatic rings. The molecule has 0 saturated heterocycles. The number of benzene rings is 2. The first-order valence-corrected chi connectivity index (χ1v) is 6.20. The lowest BCUT2D eigenvalue weighted by Crippen LogP contribution is -1.94. The van der Waals surface area contributed by atoms with Crippen LogP contribution in [-0.4, -0.2) is 4.98 Å². The zero-order valence-corrected chi connectivity index (χ0v) is 10.9. The van der Waals surface area contributed by atoms with Gasteiger partial charge in [0, 0.05) is 17.5 Å². The van der Waals surface area contributed by atoms with Gasteiger partial charge in [-0.25, -0.2) is 9.37 Å². The zero-order chi connectivity index (χ0) is 14.8. The zero-order valence-electron chi connectivity index (χ0n) is 10.9. The van der Waals surface area contributed by atoms with Gasteiger partial charge in [-0.3, -0.25) is 0 Å². The average molecular weight is 279 g/mol. The fraction of sp³-hybridized carbons (Fsp3) is 0. The quantitative estimate of drug-likeness (QED) is 0.727. The van der Waals surface area contributed by atoms with Crippen LogP contribution in [0.4, 0.5) is 10.1 Å². The van der Waals surface area contributed by atoms with Gasteiger partial charge in [0.05, 0.1) is 16.8 Å². The molecule has 0 aliphatic heterocycles. The Morgan fingerprint density at radius 3 is 2.71 bits per heavy atom. The number of anilines is 1. The topological polar surface area (TPSA) is 71.9 Å². The molecule has 0 aliphatic carbocycles. The highest BCUT2D eigenvalue weighted by Crippen LogP contribution is 2.26. The molecule has 0 bridgehead atoms.